The van der Waals surface area contributed by atoms with E-state index in [1.807, 2.05) is 31.2 Å². The number of carbonyl (C=O) groups is 2. The number of anilines is 1. The van der Waals surface area contributed by atoms with Gasteiger partial charge >= 0.3 is 0 Å². The summed E-state index contributed by atoms with van der Waals surface area (Å²) in [5.74, 6) is 1.90. The van der Waals surface area contributed by atoms with E-state index in [1.165, 1.54) is 4.90 Å². The van der Waals surface area contributed by atoms with Gasteiger partial charge in [0.25, 0.3) is 5.91 Å². The molecule has 0 radical (unpaired) electrons. The molecule has 0 saturated carbocycles. The van der Waals surface area contributed by atoms with Crippen LogP contribution in [-0.2, 0) is 9.59 Å². The van der Waals surface area contributed by atoms with Crippen LogP contribution in [0.4, 0.5) is 5.69 Å². The zero-order valence-corrected chi connectivity index (χ0v) is 18.3. The van der Waals surface area contributed by atoms with Crippen molar-refractivity contribution >= 4 is 63.7 Å². The molecule has 0 aromatic heterocycles. The number of halogens is 2. The number of rotatable bonds is 5. The SMILES string of the molecule is C#CCNC(=O)CSC1=N/C(=C/c2ccc(Cl)c(Cl)c2)C(=O)N1c1ccc(C)cc1. The van der Waals surface area contributed by atoms with Gasteiger partial charge in [0.05, 0.1) is 28.0 Å². The Labute approximate surface area is 189 Å². The van der Waals surface area contributed by atoms with Gasteiger partial charge < -0.3 is 5.32 Å². The fourth-order valence-corrected chi connectivity index (χ4v) is 3.75. The van der Waals surface area contributed by atoms with Gasteiger partial charge in [-0.25, -0.2) is 4.99 Å². The Morgan fingerprint density at radius 3 is 2.63 bits per heavy atom. The van der Waals surface area contributed by atoms with Crippen molar-refractivity contribution < 1.29 is 9.59 Å². The summed E-state index contributed by atoms with van der Waals surface area (Å²) in [7, 11) is 0. The van der Waals surface area contributed by atoms with Gasteiger partial charge in [-0.15, -0.1) is 6.42 Å². The van der Waals surface area contributed by atoms with Gasteiger partial charge in [-0.2, -0.15) is 0 Å². The minimum atomic E-state index is -0.295. The predicted octanol–water partition coefficient (Wildman–Crippen LogP) is 4.53. The van der Waals surface area contributed by atoms with Gasteiger partial charge in [-0.05, 0) is 42.8 Å². The van der Waals surface area contributed by atoms with E-state index in [0.29, 0.717) is 26.5 Å². The first-order chi connectivity index (χ1) is 14.4. The summed E-state index contributed by atoms with van der Waals surface area (Å²) in [6.07, 6.45) is 6.80. The highest BCUT2D eigenvalue weighted by molar-refractivity contribution is 8.14. The number of aliphatic imine (C=N–C) groups is 1. The maximum atomic E-state index is 13.1. The molecular formula is C22H17Cl2N3O2S. The lowest BCUT2D eigenvalue weighted by molar-refractivity contribution is -0.118. The molecule has 30 heavy (non-hydrogen) atoms. The fraction of sp³-hybridized carbons (Fsp3) is 0.136. The number of carbonyl (C=O) groups excluding carboxylic acids is 2. The van der Waals surface area contributed by atoms with Crippen LogP contribution in [0.2, 0.25) is 10.0 Å². The third-order valence-corrected chi connectivity index (χ3v) is 5.77. The molecule has 0 bridgehead atoms. The molecule has 0 unspecified atom stereocenters. The highest BCUT2D eigenvalue weighted by Gasteiger charge is 2.32. The number of thioether (sulfide) groups is 1. The maximum Gasteiger partial charge on any atom is 0.283 e. The third kappa shape index (κ3) is 5.25. The van der Waals surface area contributed by atoms with Crippen LogP contribution in [-0.4, -0.2) is 29.3 Å². The Kier molecular flexibility index (Phi) is 7.22. The van der Waals surface area contributed by atoms with Crippen LogP contribution in [0.1, 0.15) is 11.1 Å². The zero-order chi connectivity index (χ0) is 21.7. The van der Waals surface area contributed by atoms with Gasteiger partial charge in [-0.1, -0.05) is 64.6 Å². The Bertz CT molecular complexity index is 1090. The smallest absolute Gasteiger partial charge is 0.283 e. The van der Waals surface area contributed by atoms with Crippen molar-refractivity contribution in [2.45, 2.75) is 6.92 Å². The molecule has 0 fully saturated rings. The van der Waals surface area contributed by atoms with Crippen LogP contribution in [0.25, 0.3) is 6.08 Å². The number of aryl methyl sites for hydroxylation is 1. The van der Waals surface area contributed by atoms with Gasteiger partial charge in [-0.3, -0.25) is 14.5 Å². The van der Waals surface area contributed by atoms with E-state index in [-0.39, 0.29) is 29.8 Å². The van der Waals surface area contributed by atoms with Crippen molar-refractivity contribution in [1.29, 1.82) is 0 Å². The molecule has 1 aliphatic rings. The molecule has 2 aromatic rings. The molecule has 0 atom stereocenters. The Morgan fingerprint density at radius 1 is 1.23 bits per heavy atom. The lowest BCUT2D eigenvalue weighted by Crippen LogP contribution is -2.32. The quantitative estimate of drug-likeness (QED) is 0.529. The predicted molar refractivity (Wildman–Crippen MR) is 125 cm³/mol. The zero-order valence-electron chi connectivity index (χ0n) is 16.0. The summed E-state index contributed by atoms with van der Waals surface area (Å²) < 4.78 is 0. The first-order valence-electron chi connectivity index (χ1n) is 8.88. The Balaban J connectivity index is 1.91. The summed E-state index contributed by atoms with van der Waals surface area (Å²) in [4.78, 5) is 31.0. The number of hydrogen-bond acceptors (Lipinski definition) is 4. The molecule has 0 saturated heterocycles. The second-order valence-electron chi connectivity index (χ2n) is 6.34. The van der Waals surface area contributed by atoms with Gasteiger partial charge in [0, 0.05) is 0 Å². The minimum Gasteiger partial charge on any atom is -0.344 e. The van der Waals surface area contributed by atoms with E-state index in [1.54, 1.807) is 24.3 Å². The van der Waals surface area contributed by atoms with Crippen molar-refractivity contribution in [1.82, 2.24) is 5.32 Å². The summed E-state index contributed by atoms with van der Waals surface area (Å²) in [6, 6.07) is 12.6. The molecule has 0 aliphatic carbocycles. The Hall–Kier alpha value is -2.72. The second kappa shape index (κ2) is 9.86. The summed E-state index contributed by atoms with van der Waals surface area (Å²) in [6.45, 7) is 2.11. The highest BCUT2D eigenvalue weighted by atomic mass is 35.5. The third-order valence-electron chi connectivity index (χ3n) is 4.09. The first kappa shape index (κ1) is 22.0. The molecule has 1 heterocycles. The largest absolute Gasteiger partial charge is 0.344 e. The normalized spacial score (nSPS) is 14.6. The van der Waals surface area contributed by atoms with Crippen molar-refractivity contribution in [3.8, 4) is 12.3 Å². The fourth-order valence-electron chi connectivity index (χ4n) is 2.61. The average Bonchev–Trinajstić information content (AvgIpc) is 3.03. The monoisotopic (exact) mass is 457 g/mol. The van der Waals surface area contributed by atoms with Crippen molar-refractivity contribution in [3.63, 3.8) is 0 Å². The van der Waals surface area contributed by atoms with Crippen LogP contribution in [0, 0.1) is 19.3 Å². The number of nitrogens with zero attached hydrogens (tertiary/aromatic N) is 2. The van der Waals surface area contributed by atoms with Crippen molar-refractivity contribution in [3.05, 3.63) is 69.3 Å². The standard InChI is InChI=1S/C22H17Cl2N3O2S/c1-3-10-25-20(28)13-30-22-26-19(12-15-6-9-17(23)18(24)11-15)21(29)27(22)16-7-4-14(2)5-8-16/h1,4-9,11-12H,10,13H2,2H3,(H,25,28)/b19-12+. The molecule has 3 rings (SSSR count). The molecule has 2 amide bonds. The van der Waals surface area contributed by atoms with Gasteiger partial charge in [0.1, 0.15) is 5.70 Å². The molecular weight excluding hydrogens is 441 g/mol. The van der Waals surface area contributed by atoms with E-state index < -0.39 is 0 Å². The highest BCUT2D eigenvalue weighted by Crippen LogP contribution is 2.30. The van der Waals surface area contributed by atoms with E-state index >= 15 is 0 Å². The van der Waals surface area contributed by atoms with E-state index in [9.17, 15) is 9.59 Å². The molecule has 152 valence electrons. The average molecular weight is 458 g/mol. The molecule has 8 heteroatoms. The molecule has 1 aliphatic heterocycles. The summed E-state index contributed by atoms with van der Waals surface area (Å²) >= 11 is 13.2. The topological polar surface area (TPSA) is 61.8 Å². The Morgan fingerprint density at radius 2 is 1.97 bits per heavy atom. The van der Waals surface area contributed by atoms with Gasteiger partial charge in [0.15, 0.2) is 5.17 Å². The molecule has 2 aromatic carbocycles. The van der Waals surface area contributed by atoms with Crippen molar-refractivity contribution in [2.24, 2.45) is 4.99 Å². The van der Waals surface area contributed by atoms with Crippen LogP contribution in [0.15, 0.2) is 53.2 Å². The van der Waals surface area contributed by atoms with E-state index in [0.717, 1.165) is 17.3 Å². The van der Waals surface area contributed by atoms with Crippen LogP contribution in [0.5, 0.6) is 0 Å². The number of benzene rings is 2. The van der Waals surface area contributed by atoms with Crippen LogP contribution in [0.3, 0.4) is 0 Å². The van der Waals surface area contributed by atoms with Crippen LogP contribution >= 0.6 is 35.0 Å². The number of amidine groups is 1. The minimum absolute atomic E-state index is 0.0796. The summed E-state index contributed by atoms with van der Waals surface area (Å²) in [5.41, 5.74) is 2.66. The van der Waals surface area contributed by atoms with Crippen molar-refractivity contribution in [2.75, 3.05) is 17.2 Å². The first-order valence-corrected chi connectivity index (χ1v) is 10.6. The second-order valence-corrected chi connectivity index (χ2v) is 8.10. The number of amides is 2. The number of terminal acetylenes is 1. The molecule has 0 spiro atoms. The maximum absolute atomic E-state index is 13.1. The number of nitrogens with one attached hydrogen (secondary N) is 1. The molecule has 5 nitrogen and oxygen atoms in total. The van der Waals surface area contributed by atoms with Gasteiger partial charge in [0.2, 0.25) is 5.91 Å². The molecule has 1 N–H and O–H groups in total. The lowest BCUT2D eigenvalue weighted by atomic mass is 10.2. The lowest BCUT2D eigenvalue weighted by Gasteiger charge is -2.17. The van der Waals surface area contributed by atoms with Crippen LogP contribution < -0.4 is 10.2 Å². The summed E-state index contributed by atoms with van der Waals surface area (Å²) in [5, 5.41) is 3.82. The van der Waals surface area contributed by atoms with E-state index in [2.05, 4.69) is 16.2 Å². The van der Waals surface area contributed by atoms with E-state index in [4.69, 9.17) is 29.6 Å². The number of hydrogen-bond donors (Lipinski definition) is 1.